The van der Waals surface area contributed by atoms with Crippen LogP contribution in [0.2, 0.25) is 0 Å². The lowest BCUT2D eigenvalue weighted by Gasteiger charge is -2.16. The molecule has 7 nitrogen and oxygen atoms in total. The van der Waals surface area contributed by atoms with Crippen molar-refractivity contribution in [3.63, 3.8) is 0 Å². The van der Waals surface area contributed by atoms with Crippen molar-refractivity contribution in [3.05, 3.63) is 47.5 Å². The lowest BCUT2D eigenvalue weighted by atomic mass is 9.96. The molecule has 0 saturated carbocycles. The highest BCUT2D eigenvalue weighted by Crippen LogP contribution is 2.39. The number of alkyl halides is 3. The van der Waals surface area contributed by atoms with Gasteiger partial charge in [0.25, 0.3) is 5.91 Å². The van der Waals surface area contributed by atoms with Gasteiger partial charge in [-0.15, -0.1) is 0 Å². The molecular formula is C23H24F3N3O4. The third kappa shape index (κ3) is 6.44. The summed E-state index contributed by atoms with van der Waals surface area (Å²) in [7, 11) is 0. The third-order valence-corrected chi connectivity index (χ3v) is 4.95. The number of anilines is 1. The van der Waals surface area contributed by atoms with E-state index in [2.05, 4.69) is 5.32 Å². The van der Waals surface area contributed by atoms with E-state index >= 15 is 0 Å². The average molecular weight is 463 g/mol. The fourth-order valence-corrected chi connectivity index (χ4v) is 3.36. The zero-order valence-corrected chi connectivity index (χ0v) is 17.8. The zero-order chi connectivity index (χ0) is 23.8. The van der Waals surface area contributed by atoms with Gasteiger partial charge in [0.2, 0.25) is 0 Å². The largest absolute Gasteiger partial charge is 0.418 e. The second-order valence-corrected chi connectivity index (χ2v) is 7.26. The van der Waals surface area contributed by atoms with E-state index in [1.165, 1.54) is 18.2 Å². The number of rotatable bonds is 11. The van der Waals surface area contributed by atoms with Gasteiger partial charge in [-0.1, -0.05) is 24.3 Å². The second-order valence-electron chi connectivity index (χ2n) is 7.26. The number of hydrogen-bond donors (Lipinski definition) is 2. The second kappa shape index (κ2) is 11.1. The van der Waals surface area contributed by atoms with Crippen LogP contribution in [0, 0.1) is 11.3 Å². The summed E-state index contributed by atoms with van der Waals surface area (Å²) in [6.45, 7) is 2.09. The van der Waals surface area contributed by atoms with Gasteiger partial charge in [0.15, 0.2) is 0 Å². The Morgan fingerprint density at radius 2 is 1.85 bits per heavy atom. The molecule has 1 fully saturated rings. The quantitative estimate of drug-likeness (QED) is 0.230. The standard InChI is InChI=1S/C23H24F3N3O4/c24-23(25,26)21(19(15-27)22(31)28-6-10-32-12-13-33-11-9-30)17-5-4-16-2-1-3-20(18(16)14-17)29-7-8-29/h1-5,14,30H,6-13H2,(H,28,31)/b21-19-. The molecular weight excluding hydrogens is 439 g/mol. The normalized spacial score (nSPS) is 14.1. The number of ether oxygens (including phenoxy) is 2. The fraction of sp³-hybridized carbons (Fsp3) is 0.391. The Balaban J connectivity index is 1.80. The molecule has 0 spiro atoms. The van der Waals surface area contributed by atoms with Crippen molar-refractivity contribution >= 4 is 27.9 Å². The van der Waals surface area contributed by atoms with Crippen molar-refractivity contribution in [3.8, 4) is 6.07 Å². The van der Waals surface area contributed by atoms with Gasteiger partial charge >= 0.3 is 6.18 Å². The number of amides is 1. The Kier molecular flexibility index (Phi) is 8.27. The molecule has 1 saturated heterocycles. The number of nitrogens with zero attached hydrogens (tertiary/aromatic N) is 2. The molecule has 1 heterocycles. The number of fused-ring (bicyclic) bond motifs is 1. The smallest absolute Gasteiger partial charge is 0.394 e. The van der Waals surface area contributed by atoms with E-state index in [9.17, 15) is 23.2 Å². The van der Waals surface area contributed by atoms with Gasteiger partial charge in [-0.05, 0) is 23.1 Å². The molecule has 0 radical (unpaired) electrons. The van der Waals surface area contributed by atoms with Gasteiger partial charge in [0.1, 0.15) is 11.6 Å². The van der Waals surface area contributed by atoms with Crippen LogP contribution in [0.3, 0.4) is 0 Å². The molecule has 0 atom stereocenters. The van der Waals surface area contributed by atoms with Crippen LogP contribution in [0.25, 0.3) is 16.3 Å². The predicted octanol–water partition coefficient (Wildman–Crippen LogP) is 2.64. The van der Waals surface area contributed by atoms with Crippen molar-refractivity contribution in [2.45, 2.75) is 6.18 Å². The van der Waals surface area contributed by atoms with Gasteiger partial charge in [0, 0.05) is 30.7 Å². The van der Waals surface area contributed by atoms with E-state index in [-0.39, 0.29) is 45.1 Å². The molecule has 1 aliphatic heterocycles. The Morgan fingerprint density at radius 3 is 2.48 bits per heavy atom. The van der Waals surface area contributed by atoms with E-state index in [4.69, 9.17) is 14.6 Å². The SMILES string of the molecule is N#C/C(C(=O)NCCOCCOCCO)=C(\c1ccc2cccc(N3CC3)c2c1)C(F)(F)F. The van der Waals surface area contributed by atoms with Gasteiger partial charge in [-0.25, -0.2) is 0 Å². The summed E-state index contributed by atoms with van der Waals surface area (Å²) < 4.78 is 52.2. The fourth-order valence-electron chi connectivity index (χ4n) is 3.36. The Hall–Kier alpha value is -3.13. The molecule has 3 rings (SSSR count). The predicted molar refractivity (Wildman–Crippen MR) is 116 cm³/mol. The number of aliphatic hydroxyl groups is 1. The van der Waals surface area contributed by atoms with Crippen LogP contribution in [0.5, 0.6) is 0 Å². The molecule has 0 aliphatic carbocycles. The minimum absolute atomic E-state index is 0.0312. The van der Waals surface area contributed by atoms with E-state index in [0.717, 1.165) is 24.2 Å². The number of aliphatic hydroxyl groups excluding tert-OH is 1. The summed E-state index contributed by atoms with van der Waals surface area (Å²) in [6.07, 6.45) is -4.91. The van der Waals surface area contributed by atoms with Crippen LogP contribution in [0.1, 0.15) is 5.56 Å². The number of benzene rings is 2. The minimum atomic E-state index is -4.91. The summed E-state index contributed by atoms with van der Waals surface area (Å²) in [4.78, 5) is 14.5. The third-order valence-electron chi connectivity index (χ3n) is 4.95. The van der Waals surface area contributed by atoms with E-state index in [0.29, 0.717) is 5.39 Å². The maximum Gasteiger partial charge on any atom is 0.418 e. The molecule has 0 bridgehead atoms. The molecule has 2 aromatic rings. The van der Waals surface area contributed by atoms with Crippen molar-refractivity contribution in [2.75, 3.05) is 57.6 Å². The number of halogens is 3. The van der Waals surface area contributed by atoms with Crippen LogP contribution < -0.4 is 10.2 Å². The highest BCUT2D eigenvalue weighted by atomic mass is 19.4. The number of allylic oxidation sites excluding steroid dienone is 1. The molecule has 2 aromatic carbocycles. The summed E-state index contributed by atoms with van der Waals surface area (Å²) in [6, 6.07) is 11.1. The van der Waals surface area contributed by atoms with Crippen LogP contribution in [0.4, 0.5) is 18.9 Å². The number of carbonyl (C=O) groups excluding carboxylic acids is 1. The molecule has 2 N–H and O–H groups in total. The monoisotopic (exact) mass is 463 g/mol. The Bertz CT molecular complexity index is 1060. The van der Waals surface area contributed by atoms with Crippen molar-refractivity contribution < 1.29 is 32.5 Å². The van der Waals surface area contributed by atoms with Crippen LogP contribution in [0.15, 0.2) is 42.0 Å². The highest BCUT2D eigenvalue weighted by molar-refractivity contribution is 6.07. The van der Waals surface area contributed by atoms with E-state index in [1.54, 1.807) is 12.1 Å². The first kappa shape index (κ1) is 24.5. The van der Waals surface area contributed by atoms with Gasteiger partial charge in [-0.3, -0.25) is 4.79 Å². The zero-order valence-electron chi connectivity index (χ0n) is 17.8. The molecule has 10 heteroatoms. The first-order chi connectivity index (χ1) is 15.9. The first-order valence-electron chi connectivity index (χ1n) is 10.4. The molecule has 176 valence electrons. The first-order valence-corrected chi connectivity index (χ1v) is 10.4. The topological polar surface area (TPSA) is 94.6 Å². The average Bonchev–Trinajstić information content (AvgIpc) is 3.62. The van der Waals surface area contributed by atoms with Gasteiger partial charge < -0.3 is 24.8 Å². The van der Waals surface area contributed by atoms with E-state index < -0.39 is 23.2 Å². The molecule has 0 unspecified atom stereocenters. The number of carbonyl (C=O) groups is 1. The van der Waals surface area contributed by atoms with Crippen LogP contribution >= 0.6 is 0 Å². The summed E-state index contributed by atoms with van der Waals surface area (Å²) in [5.74, 6) is -1.12. The Labute approximate surface area is 189 Å². The Morgan fingerprint density at radius 1 is 1.12 bits per heavy atom. The van der Waals surface area contributed by atoms with Gasteiger partial charge in [-0.2, -0.15) is 18.4 Å². The molecule has 1 aliphatic rings. The molecule has 0 aromatic heterocycles. The summed E-state index contributed by atoms with van der Waals surface area (Å²) >= 11 is 0. The van der Waals surface area contributed by atoms with Crippen molar-refractivity contribution in [2.24, 2.45) is 0 Å². The van der Waals surface area contributed by atoms with Crippen LogP contribution in [-0.2, 0) is 14.3 Å². The van der Waals surface area contributed by atoms with E-state index in [1.807, 2.05) is 17.0 Å². The minimum Gasteiger partial charge on any atom is -0.394 e. The van der Waals surface area contributed by atoms with Crippen molar-refractivity contribution in [1.82, 2.24) is 5.32 Å². The lowest BCUT2D eigenvalue weighted by molar-refractivity contribution is -0.117. The maximum atomic E-state index is 14.0. The lowest BCUT2D eigenvalue weighted by Crippen LogP contribution is -2.30. The number of hydrogen-bond acceptors (Lipinski definition) is 6. The molecule has 33 heavy (non-hydrogen) atoms. The maximum absolute atomic E-state index is 14.0. The molecule has 1 amide bonds. The number of nitriles is 1. The summed E-state index contributed by atoms with van der Waals surface area (Å²) in [5.41, 5.74) is -1.70. The highest BCUT2D eigenvalue weighted by Gasteiger charge is 2.39. The van der Waals surface area contributed by atoms with Crippen molar-refractivity contribution in [1.29, 1.82) is 5.26 Å². The van der Waals surface area contributed by atoms with Gasteiger partial charge in [0.05, 0.1) is 38.6 Å². The van der Waals surface area contributed by atoms with Crippen LogP contribution in [-0.4, -0.2) is 69.9 Å². The number of nitrogens with one attached hydrogen (secondary N) is 1. The summed E-state index contributed by atoms with van der Waals surface area (Å²) in [5, 5.41) is 21.7.